The van der Waals surface area contributed by atoms with Crippen LogP contribution >= 0.6 is 11.6 Å². The number of carbonyl (C=O) groups is 1. The van der Waals surface area contributed by atoms with Gasteiger partial charge >= 0.3 is 0 Å². The van der Waals surface area contributed by atoms with Crippen LogP contribution in [-0.2, 0) is 0 Å². The van der Waals surface area contributed by atoms with E-state index in [4.69, 9.17) is 21.1 Å². The zero-order valence-electron chi connectivity index (χ0n) is 15.7. The van der Waals surface area contributed by atoms with E-state index in [1.807, 2.05) is 25.1 Å². The number of aromatic nitrogens is 1. The average molecular weight is 398 g/mol. The van der Waals surface area contributed by atoms with Crippen molar-refractivity contribution in [3.05, 3.63) is 70.9 Å². The zero-order chi connectivity index (χ0) is 20.1. The predicted molar refractivity (Wildman–Crippen MR) is 111 cm³/mol. The van der Waals surface area contributed by atoms with Gasteiger partial charge in [-0.25, -0.2) is 4.98 Å². The summed E-state index contributed by atoms with van der Waals surface area (Å²) in [6.07, 6.45) is 1.58. The van der Waals surface area contributed by atoms with Crippen molar-refractivity contribution < 1.29 is 14.3 Å². The molecule has 0 aliphatic rings. The van der Waals surface area contributed by atoms with Gasteiger partial charge in [0.05, 0.1) is 26.1 Å². The van der Waals surface area contributed by atoms with Gasteiger partial charge in [0.25, 0.3) is 5.91 Å². The summed E-state index contributed by atoms with van der Waals surface area (Å²) in [7, 11) is 3.07. The van der Waals surface area contributed by atoms with Gasteiger partial charge in [-0.2, -0.15) is 0 Å². The number of nitrogens with zero attached hydrogens (tertiary/aromatic N) is 1. The first-order valence-corrected chi connectivity index (χ1v) is 8.90. The molecule has 2 N–H and O–H groups in total. The van der Waals surface area contributed by atoms with E-state index >= 15 is 0 Å². The first kappa shape index (κ1) is 19.5. The monoisotopic (exact) mass is 397 g/mol. The second kappa shape index (κ2) is 8.63. The highest BCUT2D eigenvalue weighted by Gasteiger charge is 2.10. The maximum atomic E-state index is 12.5. The van der Waals surface area contributed by atoms with Crippen LogP contribution in [-0.4, -0.2) is 25.1 Å². The summed E-state index contributed by atoms with van der Waals surface area (Å²) < 4.78 is 10.4. The fourth-order valence-electron chi connectivity index (χ4n) is 2.50. The van der Waals surface area contributed by atoms with Crippen LogP contribution in [0.2, 0.25) is 5.02 Å². The molecular weight excluding hydrogens is 378 g/mol. The molecule has 144 valence electrons. The lowest BCUT2D eigenvalue weighted by molar-refractivity contribution is 0.102. The van der Waals surface area contributed by atoms with Crippen molar-refractivity contribution in [3.8, 4) is 11.5 Å². The highest BCUT2D eigenvalue weighted by Crippen LogP contribution is 2.24. The zero-order valence-corrected chi connectivity index (χ0v) is 16.5. The SMILES string of the molecule is COc1cc(OC)cc(C(=O)Nc2ccc(Nc3ccc(C)c(Cl)c3)nc2)c1. The third-order valence-electron chi connectivity index (χ3n) is 4.08. The quantitative estimate of drug-likeness (QED) is 0.608. The van der Waals surface area contributed by atoms with E-state index < -0.39 is 0 Å². The van der Waals surface area contributed by atoms with Crippen molar-refractivity contribution in [2.24, 2.45) is 0 Å². The van der Waals surface area contributed by atoms with Gasteiger partial charge in [0, 0.05) is 22.3 Å². The lowest BCUT2D eigenvalue weighted by Crippen LogP contribution is -2.12. The number of ether oxygens (including phenoxy) is 2. The van der Waals surface area contributed by atoms with Crippen molar-refractivity contribution in [2.75, 3.05) is 24.9 Å². The molecule has 0 fully saturated rings. The fraction of sp³-hybridized carbons (Fsp3) is 0.143. The van der Waals surface area contributed by atoms with E-state index in [1.165, 1.54) is 14.2 Å². The Balaban J connectivity index is 1.70. The fourth-order valence-corrected chi connectivity index (χ4v) is 2.68. The lowest BCUT2D eigenvalue weighted by Gasteiger charge is -2.10. The molecule has 3 rings (SSSR count). The number of hydrogen-bond donors (Lipinski definition) is 2. The summed E-state index contributed by atoms with van der Waals surface area (Å²) in [5, 5.41) is 6.66. The van der Waals surface area contributed by atoms with Crippen LogP contribution in [0, 0.1) is 6.92 Å². The number of carbonyl (C=O) groups excluding carboxylic acids is 1. The van der Waals surface area contributed by atoms with Gasteiger partial charge in [-0.3, -0.25) is 4.79 Å². The van der Waals surface area contributed by atoms with E-state index in [1.54, 1.807) is 36.5 Å². The van der Waals surface area contributed by atoms with Crippen LogP contribution in [0.3, 0.4) is 0 Å². The normalized spacial score (nSPS) is 10.3. The Hall–Kier alpha value is -3.25. The summed E-state index contributed by atoms with van der Waals surface area (Å²) in [6, 6.07) is 14.2. The number of benzene rings is 2. The molecule has 0 saturated carbocycles. The van der Waals surface area contributed by atoms with Crippen molar-refractivity contribution >= 4 is 34.7 Å². The number of halogens is 1. The van der Waals surface area contributed by atoms with Gasteiger partial charge in [0.2, 0.25) is 0 Å². The molecule has 7 heteroatoms. The summed E-state index contributed by atoms with van der Waals surface area (Å²) in [5.41, 5.74) is 2.84. The molecule has 0 atom stereocenters. The summed E-state index contributed by atoms with van der Waals surface area (Å²) in [5.74, 6) is 1.43. The Bertz CT molecular complexity index is 968. The van der Waals surface area contributed by atoms with Gasteiger partial charge in [0.15, 0.2) is 0 Å². The van der Waals surface area contributed by atoms with Gasteiger partial charge in [-0.05, 0) is 48.9 Å². The predicted octanol–water partition coefficient (Wildman–Crippen LogP) is 5.06. The van der Waals surface area contributed by atoms with Crippen LogP contribution in [0.1, 0.15) is 15.9 Å². The molecule has 0 bridgehead atoms. The number of nitrogens with one attached hydrogen (secondary N) is 2. The van der Waals surface area contributed by atoms with Crippen LogP contribution in [0.25, 0.3) is 0 Å². The molecular formula is C21H20ClN3O3. The van der Waals surface area contributed by atoms with Crippen molar-refractivity contribution in [1.82, 2.24) is 4.98 Å². The number of hydrogen-bond acceptors (Lipinski definition) is 5. The largest absolute Gasteiger partial charge is 0.497 e. The molecule has 0 saturated heterocycles. The number of methoxy groups -OCH3 is 2. The molecule has 0 aliphatic heterocycles. The third-order valence-corrected chi connectivity index (χ3v) is 4.49. The highest BCUT2D eigenvalue weighted by atomic mass is 35.5. The van der Waals surface area contributed by atoms with E-state index in [2.05, 4.69) is 15.6 Å². The van der Waals surface area contributed by atoms with Crippen molar-refractivity contribution in [3.63, 3.8) is 0 Å². The molecule has 0 spiro atoms. The average Bonchev–Trinajstić information content (AvgIpc) is 2.71. The maximum Gasteiger partial charge on any atom is 0.255 e. The van der Waals surface area contributed by atoms with Gasteiger partial charge in [-0.15, -0.1) is 0 Å². The first-order chi connectivity index (χ1) is 13.5. The topological polar surface area (TPSA) is 72.5 Å². The smallest absolute Gasteiger partial charge is 0.255 e. The number of aryl methyl sites for hydroxylation is 1. The molecule has 1 aromatic heterocycles. The molecule has 0 aliphatic carbocycles. The minimum Gasteiger partial charge on any atom is -0.497 e. The van der Waals surface area contributed by atoms with Crippen molar-refractivity contribution in [2.45, 2.75) is 6.92 Å². The van der Waals surface area contributed by atoms with Gasteiger partial charge < -0.3 is 20.1 Å². The number of amides is 1. The molecule has 2 aromatic carbocycles. The van der Waals surface area contributed by atoms with E-state index in [-0.39, 0.29) is 5.91 Å². The Morgan fingerprint density at radius 2 is 1.64 bits per heavy atom. The summed E-state index contributed by atoms with van der Waals surface area (Å²) >= 11 is 6.14. The minimum atomic E-state index is -0.287. The van der Waals surface area contributed by atoms with Crippen LogP contribution in [0.5, 0.6) is 11.5 Å². The molecule has 3 aromatic rings. The molecule has 28 heavy (non-hydrogen) atoms. The lowest BCUT2D eigenvalue weighted by atomic mass is 10.2. The van der Waals surface area contributed by atoms with E-state index in [9.17, 15) is 4.79 Å². The van der Waals surface area contributed by atoms with Gasteiger partial charge in [-0.1, -0.05) is 17.7 Å². The number of anilines is 3. The summed E-state index contributed by atoms with van der Waals surface area (Å²) in [4.78, 5) is 16.8. The van der Waals surface area contributed by atoms with Crippen molar-refractivity contribution in [1.29, 1.82) is 0 Å². The third kappa shape index (κ3) is 4.72. The number of rotatable bonds is 6. The van der Waals surface area contributed by atoms with E-state index in [0.29, 0.717) is 33.6 Å². The Kier molecular flexibility index (Phi) is 6.01. The molecule has 0 radical (unpaired) electrons. The van der Waals surface area contributed by atoms with E-state index in [0.717, 1.165) is 11.3 Å². The highest BCUT2D eigenvalue weighted by molar-refractivity contribution is 6.31. The van der Waals surface area contributed by atoms with Crippen LogP contribution in [0.4, 0.5) is 17.2 Å². The Morgan fingerprint density at radius 3 is 2.21 bits per heavy atom. The van der Waals surface area contributed by atoms with Crippen LogP contribution < -0.4 is 20.1 Å². The first-order valence-electron chi connectivity index (χ1n) is 8.52. The minimum absolute atomic E-state index is 0.287. The Morgan fingerprint density at radius 1 is 0.964 bits per heavy atom. The maximum absolute atomic E-state index is 12.5. The second-order valence-corrected chi connectivity index (χ2v) is 6.48. The second-order valence-electron chi connectivity index (χ2n) is 6.08. The molecule has 0 unspecified atom stereocenters. The molecule has 6 nitrogen and oxygen atoms in total. The molecule has 1 heterocycles. The van der Waals surface area contributed by atoms with Crippen LogP contribution in [0.15, 0.2) is 54.7 Å². The number of pyridine rings is 1. The van der Waals surface area contributed by atoms with Gasteiger partial charge in [0.1, 0.15) is 17.3 Å². The standard InChI is InChI=1S/C21H20ClN3O3/c1-13-4-5-15(10-19(13)22)24-20-7-6-16(12-23-20)25-21(26)14-8-17(27-2)11-18(9-14)28-3/h4-12H,1-3H3,(H,23,24)(H,25,26). The Labute approximate surface area is 168 Å². The summed E-state index contributed by atoms with van der Waals surface area (Å²) in [6.45, 7) is 1.94. The molecule has 1 amide bonds.